The van der Waals surface area contributed by atoms with E-state index in [1.165, 1.54) is 0 Å². The number of sulfonamides is 1. The molecule has 0 saturated heterocycles. The van der Waals surface area contributed by atoms with E-state index in [1.54, 1.807) is 36.4 Å². The monoisotopic (exact) mass is 398 g/mol. The topological polar surface area (TPSA) is 98.5 Å². The minimum absolute atomic E-state index is 0.0574. The van der Waals surface area contributed by atoms with E-state index in [0.29, 0.717) is 5.56 Å². The smallest absolute Gasteiger partial charge is 0.337 e. The van der Waals surface area contributed by atoms with Crippen LogP contribution >= 0.6 is 23.2 Å². The largest absolute Gasteiger partial charge is 0.478 e. The van der Waals surface area contributed by atoms with Crippen molar-refractivity contribution in [3.8, 4) is 6.07 Å². The molecule has 2 aromatic rings. The van der Waals surface area contributed by atoms with Crippen molar-refractivity contribution in [2.75, 3.05) is 6.54 Å². The Morgan fingerprint density at radius 2 is 1.80 bits per heavy atom. The summed E-state index contributed by atoms with van der Waals surface area (Å²) in [6, 6.07) is 12.4. The van der Waals surface area contributed by atoms with E-state index in [1.807, 2.05) is 0 Å². The van der Waals surface area contributed by atoms with Gasteiger partial charge in [-0.2, -0.15) is 9.57 Å². The Hall–Kier alpha value is -2.11. The number of hydrogen-bond acceptors (Lipinski definition) is 4. The van der Waals surface area contributed by atoms with Crippen molar-refractivity contribution in [1.82, 2.24) is 4.31 Å². The highest BCUT2D eigenvalue weighted by molar-refractivity contribution is 7.89. The van der Waals surface area contributed by atoms with Crippen molar-refractivity contribution in [3.63, 3.8) is 0 Å². The summed E-state index contributed by atoms with van der Waals surface area (Å²) in [5, 5.41) is 17.7. The molecule has 0 aliphatic carbocycles. The van der Waals surface area contributed by atoms with Crippen molar-refractivity contribution in [1.29, 1.82) is 5.26 Å². The van der Waals surface area contributed by atoms with E-state index >= 15 is 0 Å². The van der Waals surface area contributed by atoms with Gasteiger partial charge in [0.2, 0.25) is 10.0 Å². The lowest BCUT2D eigenvalue weighted by molar-refractivity contribution is 0.0697. The van der Waals surface area contributed by atoms with Crippen molar-refractivity contribution >= 4 is 39.2 Å². The summed E-state index contributed by atoms with van der Waals surface area (Å²) in [6.45, 7) is -0.476. The molecule has 0 fully saturated rings. The quantitative estimate of drug-likeness (QED) is 0.751. The first kappa shape index (κ1) is 19.2. The Morgan fingerprint density at radius 1 is 1.16 bits per heavy atom. The molecule has 0 unspecified atom stereocenters. The summed E-state index contributed by atoms with van der Waals surface area (Å²) in [5.74, 6) is -1.38. The molecular weight excluding hydrogens is 387 g/mol. The van der Waals surface area contributed by atoms with Crippen LogP contribution in [0.2, 0.25) is 10.0 Å². The molecule has 0 bridgehead atoms. The molecule has 0 atom stereocenters. The minimum Gasteiger partial charge on any atom is -0.478 e. The number of carboxylic acid groups (broad SMARTS) is 1. The van der Waals surface area contributed by atoms with Crippen LogP contribution in [-0.2, 0) is 16.6 Å². The van der Waals surface area contributed by atoms with Gasteiger partial charge < -0.3 is 5.11 Å². The van der Waals surface area contributed by atoms with E-state index in [0.717, 1.165) is 16.4 Å². The van der Waals surface area contributed by atoms with Crippen LogP contribution in [0.15, 0.2) is 47.4 Å². The Kier molecular flexibility index (Phi) is 6.03. The van der Waals surface area contributed by atoms with Crippen LogP contribution in [0.4, 0.5) is 0 Å². The Balaban J connectivity index is 2.52. The van der Waals surface area contributed by atoms with Crippen LogP contribution < -0.4 is 0 Å². The number of halogens is 2. The third-order valence-electron chi connectivity index (χ3n) is 3.32. The number of rotatable bonds is 6. The van der Waals surface area contributed by atoms with E-state index in [-0.39, 0.29) is 22.2 Å². The Bertz CT molecular complexity index is 941. The number of benzene rings is 2. The van der Waals surface area contributed by atoms with E-state index < -0.39 is 27.4 Å². The number of carboxylic acids is 1. The molecule has 0 aromatic heterocycles. The number of carbonyl (C=O) groups is 1. The van der Waals surface area contributed by atoms with Gasteiger partial charge in [0.25, 0.3) is 0 Å². The summed E-state index contributed by atoms with van der Waals surface area (Å²) in [7, 11) is -4.21. The maximum atomic E-state index is 12.9. The molecule has 0 aliphatic rings. The first-order valence-electron chi connectivity index (χ1n) is 6.90. The summed E-state index contributed by atoms with van der Waals surface area (Å²) in [5.41, 5.74) is 0.283. The Morgan fingerprint density at radius 3 is 2.36 bits per heavy atom. The van der Waals surface area contributed by atoms with Gasteiger partial charge in [0.05, 0.1) is 21.7 Å². The molecule has 25 heavy (non-hydrogen) atoms. The molecule has 0 radical (unpaired) electrons. The molecule has 0 amide bonds. The van der Waals surface area contributed by atoms with Gasteiger partial charge in [0, 0.05) is 6.54 Å². The molecule has 0 spiro atoms. The zero-order valence-corrected chi connectivity index (χ0v) is 15.0. The van der Waals surface area contributed by atoms with Gasteiger partial charge in [-0.05, 0) is 17.7 Å². The molecule has 1 N–H and O–H groups in total. The lowest BCUT2D eigenvalue weighted by atomic mass is 10.2. The molecule has 0 aliphatic heterocycles. The van der Waals surface area contributed by atoms with Crippen molar-refractivity contribution < 1.29 is 18.3 Å². The van der Waals surface area contributed by atoms with Gasteiger partial charge in [-0.15, -0.1) is 0 Å². The normalized spacial score (nSPS) is 11.3. The fourth-order valence-corrected chi connectivity index (χ4v) is 4.28. The summed E-state index contributed by atoms with van der Waals surface area (Å²) < 4.78 is 26.7. The second-order valence-corrected chi connectivity index (χ2v) is 7.71. The standard InChI is InChI=1S/C16H12Cl2N2O4S/c17-13-9-14(18)15(8-12(13)16(21)22)25(23,24)20(7-6-19)10-11-4-2-1-3-5-11/h1-5,8-9H,7,10H2,(H,21,22). The molecule has 0 saturated carbocycles. The first-order chi connectivity index (χ1) is 11.8. The van der Waals surface area contributed by atoms with Crippen molar-refractivity contribution in [2.24, 2.45) is 0 Å². The molecule has 0 heterocycles. The second-order valence-electron chi connectivity index (χ2n) is 4.98. The maximum Gasteiger partial charge on any atom is 0.337 e. The van der Waals surface area contributed by atoms with Gasteiger partial charge >= 0.3 is 5.97 Å². The lowest BCUT2D eigenvalue weighted by Crippen LogP contribution is -2.31. The second kappa shape index (κ2) is 7.85. The molecule has 2 rings (SSSR count). The minimum atomic E-state index is -4.21. The molecule has 6 nitrogen and oxygen atoms in total. The fraction of sp³-hybridized carbons (Fsp3) is 0.125. The first-order valence-corrected chi connectivity index (χ1v) is 9.10. The average Bonchev–Trinajstić information content (AvgIpc) is 2.54. The van der Waals surface area contributed by atoms with Crippen LogP contribution in [0.25, 0.3) is 0 Å². The highest BCUT2D eigenvalue weighted by atomic mass is 35.5. The summed E-state index contributed by atoms with van der Waals surface area (Å²) >= 11 is 11.8. The van der Waals surface area contributed by atoms with Crippen molar-refractivity contribution in [2.45, 2.75) is 11.4 Å². The average molecular weight is 399 g/mol. The molecule has 2 aromatic carbocycles. The van der Waals surface area contributed by atoms with E-state index in [2.05, 4.69) is 0 Å². The SMILES string of the molecule is N#CCN(Cc1ccccc1)S(=O)(=O)c1cc(C(=O)O)c(Cl)cc1Cl. The highest BCUT2D eigenvalue weighted by Crippen LogP contribution is 2.31. The van der Waals surface area contributed by atoms with Gasteiger partial charge in [-0.1, -0.05) is 53.5 Å². The number of nitrogens with zero attached hydrogens (tertiary/aromatic N) is 2. The number of aromatic carboxylic acids is 1. The predicted octanol–water partition coefficient (Wildman–Crippen LogP) is 3.41. The van der Waals surface area contributed by atoms with E-state index in [9.17, 15) is 13.2 Å². The van der Waals surface area contributed by atoms with Gasteiger partial charge in [-0.25, -0.2) is 13.2 Å². The lowest BCUT2D eigenvalue weighted by Gasteiger charge is -2.20. The summed E-state index contributed by atoms with van der Waals surface area (Å²) in [6.07, 6.45) is 0. The number of hydrogen-bond donors (Lipinski definition) is 1. The number of nitriles is 1. The van der Waals surface area contributed by atoms with Crippen LogP contribution in [0.1, 0.15) is 15.9 Å². The highest BCUT2D eigenvalue weighted by Gasteiger charge is 2.29. The Labute approximate surface area is 154 Å². The molecule has 130 valence electrons. The predicted molar refractivity (Wildman–Crippen MR) is 93.1 cm³/mol. The molecule has 9 heteroatoms. The third kappa shape index (κ3) is 4.30. The van der Waals surface area contributed by atoms with Gasteiger partial charge in [0.1, 0.15) is 11.4 Å². The zero-order chi connectivity index (χ0) is 18.6. The van der Waals surface area contributed by atoms with Crippen LogP contribution in [0.3, 0.4) is 0 Å². The fourth-order valence-electron chi connectivity index (χ4n) is 2.12. The summed E-state index contributed by atoms with van der Waals surface area (Å²) in [4.78, 5) is 10.8. The third-order valence-corrected chi connectivity index (χ3v) is 5.89. The molecular formula is C16H12Cl2N2O4S. The maximum absolute atomic E-state index is 12.9. The van der Waals surface area contributed by atoms with Gasteiger partial charge in [-0.3, -0.25) is 0 Å². The van der Waals surface area contributed by atoms with Gasteiger partial charge in [0.15, 0.2) is 0 Å². The van der Waals surface area contributed by atoms with Crippen LogP contribution in [0.5, 0.6) is 0 Å². The van der Waals surface area contributed by atoms with Crippen molar-refractivity contribution in [3.05, 3.63) is 63.6 Å². The van der Waals surface area contributed by atoms with Crippen LogP contribution in [0, 0.1) is 11.3 Å². The van der Waals surface area contributed by atoms with Crippen LogP contribution in [-0.4, -0.2) is 30.3 Å². The zero-order valence-electron chi connectivity index (χ0n) is 12.7. The van der Waals surface area contributed by atoms with E-state index in [4.69, 9.17) is 33.6 Å².